The Morgan fingerprint density at radius 2 is 1.05 bits per heavy atom. The van der Waals surface area contributed by atoms with Gasteiger partial charge in [0.15, 0.2) is 6.10 Å². The monoisotopic (exact) mass is 545 g/mol. The van der Waals surface area contributed by atoms with Gasteiger partial charge in [-0.3, -0.25) is 14.1 Å². The Morgan fingerprint density at radius 3 is 1.51 bits per heavy atom. The van der Waals surface area contributed by atoms with E-state index >= 15 is 0 Å². The summed E-state index contributed by atoms with van der Waals surface area (Å²) >= 11 is 0. The van der Waals surface area contributed by atoms with E-state index in [4.69, 9.17) is 19.7 Å². The third-order valence-corrected chi connectivity index (χ3v) is 6.87. The van der Waals surface area contributed by atoms with E-state index in [1.54, 1.807) is 0 Å². The molecular formula is C29H56NO6P. The Balaban J connectivity index is 3.79. The van der Waals surface area contributed by atoms with Crippen LogP contribution in [0.2, 0.25) is 0 Å². The van der Waals surface area contributed by atoms with E-state index in [2.05, 4.69) is 6.92 Å². The van der Waals surface area contributed by atoms with Gasteiger partial charge in [0.1, 0.15) is 13.2 Å². The van der Waals surface area contributed by atoms with Crippen molar-refractivity contribution in [1.29, 1.82) is 0 Å². The summed E-state index contributed by atoms with van der Waals surface area (Å²) in [6, 6.07) is 0. The van der Waals surface area contributed by atoms with Crippen molar-refractivity contribution >= 4 is 20.6 Å². The number of nitrogens with two attached hydrogens (primary N) is 1. The fraction of sp³-hybridized carbons (Fsp3) is 0.931. The summed E-state index contributed by atoms with van der Waals surface area (Å²) < 4.78 is 26.2. The van der Waals surface area contributed by atoms with Crippen LogP contribution in [0.5, 0.6) is 0 Å². The zero-order valence-corrected chi connectivity index (χ0v) is 24.6. The van der Waals surface area contributed by atoms with Crippen molar-refractivity contribution in [3.05, 3.63) is 0 Å². The Kier molecular flexibility index (Phi) is 28.7. The van der Waals surface area contributed by atoms with E-state index in [1.807, 2.05) is 0 Å². The van der Waals surface area contributed by atoms with E-state index in [1.165, 1.54) is 83.5 Å². The summed E-state index contributed by atoms with van der Waals surface area (Å²) in [5.74, 6) is -0.622. The average molecular weight is 546 g/mol. The zero-order valence-electron chi connectivity index (χ0n) is 23.7. The third kappa shape index (κ3) is 27.8. The second-order valence-electron chi connectivity index (χ2n) is 10.2. The Hall–Kier alpha value is -1.04. The molecule has 0 aromatic heterocycles. The first-order chi connectivity index (χ1) is 18.1. The van der Waals surface area contributed by atoms with Crippen LogP contribution in [0.25, 0.3) is 0 Å². The van der Waals surface area contributed by atoms with Crippen molar-refractivity contribution in [3.8, 4) is 0 Å². The molecule has 0 aromatic carbocycles. The van der Waals surface area contributed by atoms with E-state index in [9.17, 15) is 14.2 Å². The van der Waals surface area contributed by atoms with Crippen LogP contribution in [0.4, 0.5) is 0 Å². The molecule has 218 valence electrons. The van der Waals surface area contributed by atoms with Gasteiger partial charge in [0.25, 0.3) is 0 Å². The zero-order chi connectivity index (χ0) is 27.2. The molecule has 0 radical (unpaired) electrons. The van der Waals surface area contributed by atoms with Crippen LogP contribution in [-0.4, -0.2) is 37.8 Å². The van der Waals surface area contributed by atoms with Crippen molar-refractivity contribution in [3.63, 3.8) is 0 Å². The molecule has 0 aliphatic heterocycles. The normalized spacial score (nSPS) is 12.1. The van der Waals surface area contributed by atoms with E-state index in [-0.39, 0.29) is 25.2 Å². The first kappa shape index (κ1) is 36.0. The van der Waals surface area contributed by atoms with Crippen molar-refractivity contribution in [2.24, 2.45) is 5.73 Å². The van der Waals surface area contributed by atoms with Crippen LogP contribution in [0.3, 0.4) is 0 Å². The van der Waals surface area contributed by atoms with E-state index < -0.39 is 14.8 Å². The lowest BCUT2D eigenvalue weighted by atomic mass is 10.1. The molecule has 0 saturated carbocycles. The molecule has 0 heterocycles. The smallest absolute Gasteiger partial charge is 0.327 e. The van der Waals surface area contributed by atoms with Crippen LogP contribution >= 0.6 is 8.69 Å². The maximum atomic E-state index is 12.2. The molecule has 0 saturated heterocycles. The SMILES string of the molecule is CCCCCCCCCCCC(=O)O[C@@H](COP=O)COC(=O)CCCCCCCCCCCCCN. The highest BCUT2D eigenvalue weighted by Gasteiger charge is 2.17. The maximum Gasteiger partial charge on any atom is 0.327 e. The van der Waals surface area contributed by atoms with Gasteiger partial charge in [-0.1, -0.05) is 116 Å². The van der Waals surface area contributed by atoms with Gasteiger partial charge in [-0.25, -0.2) is 4.57 Å². The molecule has 0 aliphatic rings. The van der Waals surface area contributed by atoms with Crippen LogP contribution in [0, 0.1) is 0 Å². The number of hydrogen-bond donors (Lipinski definition) is 1. The average Bonchev–Trinajstić information content (AvgIpc) is 2.89. The van der Waals surface area contributed by atoms with Crippen molar-refractivity contribution in [1.82, 2.24) is 0 Å². The van der Waals surface area contributed by atoms with Gasteiger partial charge in [0.05, 0.1) is 0 Å². The molecular weight excluding hydrogens is 489 g/mol. The number of unbranched alkanes of at least 4 members (excludes halogenated alkanes) is 18. The van der Waals surface area contributed by atoms with Crippen molar-refractivity contribution in [2.75, 3.05) is 19.8 Å². The Labute approximate surface area is 228 Å². The standard InChI is InChI=1S/C29H56NO6P/c1-2-3-4-5-6-10-14-17-20-23-29(32)36-27(26-35-37-33)25-34-28(31)22-19-16-13-11-8-7-9-12-15-18-21-24-30/h27H,2-26,30H2,1H3/t27-/m1/s1. The number of carbonyl (C=O) groups excluding carboxylic acids is 2. The number of esters is 2. The molecule has 0 fully saturated rings. The predicted molar refractivity (Wildman–Crippen MR) is 151 cm³/mol. The molecule has 0 rings (SSSR count). The summed E-state index contributed by atoms with van der Waals surface area (Å²) in [7, 11) is -0.486. The fourth-order valence-corrected chi connectivity index (χ4v) is 4.54. The summed E-state index contributed by atoms with van der Waals surface area (Å²) in [5.41, 5.74) is 5.51. The first-order valence-electron chi connectivity index (χ1n) is 15.1. The molecule has 0 spiro atoms. The third-order valence-electron chi connectivity index (χ3n) is 6.61. The molecule has 7 nitrogen and oxygen atoms in total. The lowest BCUT2D eigenvalue weighted by Gasteiger charge is -2.16. The Morgan fingerprint density at radius 1 is 0.622 bits per heavy atom. The quantitative estimate of drug-likeness (QED) is 0.0573. The number of hydrogen-bond acceptors (Lipinski definition) is 7. The summed E-state index contributed by atoms with van der Waals surface area (Å²) in [5, 5.41) is 0. The van der Waals surface area contributed by atoms with Gasteiger partial charge in [-0.15, -0.1) is 0 Å². The largest absolute Gasteiger partial charge is 0.462 e. The minimum Gasteiger partial charge on any atom is -0.462 e. The molecule has 0 bridgehead atoms. The fourth-order valence-electron chi connectivity index (χ4n) is 4.32. The summed E-state index contributed by atoms with van der Waals surface area (Å²) in [4.78, 5) is 24.2. The van der Waals surface area contributed by atoms with Gasteiger partial charge in [0.2, 0.25) is 0 Å². The van der Waals surface area contributed by atoms with Crippen molar-refractivity contribution in [2.45, 2.75) is 154 Å². The second kappa shape index (κ2) is 29.5. The minimum atomic E-state index is -0.730. The van der Waals surface area contributed by atoms with Crippen LogP contribution < -0.4 is 5.73 Å². The van der Waals surface area contributed by atoms with Crippen molar-refractivity contribution < 1.29 is 28.2 Å². The topological polar surface area (TPSA) is 105 Å². The minimum absolute atomic E-state index is 0.0607. The second-order valence-corrected chi connectivity index (χ2v) is 10.6. The highest BCUT2D eigenvalue weighted by atomic mass is 31.1. The molecule has 37 heavy (non-hydrogen) atoms. The lowest BCUT2D eigenvalue weighted by Crippen LogP contribution is -2.28. The molecule has 0 aliphatic carbocycles. The van der Waals surface area contributed by atoms with Gasteiger partial charge in [-0.2, -0.15) is 0 Å². The van der Waals surface area contributed by atoms with E-state index in [0.29, 0.717) is 12.8 Å². The van der Waals surface area contributed by atoms with Gasteiger partial charge < -0.3 is 15.2 Å². The maximum absolute atomic E-state index is 12.2. The number of rotatable bonds is 29. The van der Waals surface area contributed by atoms with Gasteiger partial charge >= 0.3 is 20.6 Å². The highest BCUT2D eigenvalue weighted by molar-refractivity contribution is 7.17. The van der Waals surface area contributed by atoms with Crippen LogP contribution in [0.1, 0.15) is 148 Å². The lowest BCUT2D eigenvalue weighted by molar-refractivity contribution is -0.160. The predicted octanol–water partition coefficient (Wildman–Crippen LogP) is 8.23. The van der Waals surface area contributed by atoms with Crippen LogP contribution in [-0.2, 0) is 28.2 Å². The Bertz CT molecular complexity index is 535. The first-order valence-corrected chi connectivity index (χ1v) is 15.9. The number of carbonyl (C=O) groups is 2. The molecule has 1 atom stereocenters. The van der Waals surface area contributed by atoms with E-state index in [0.717, 1.165) is 51.5 Å². The van der Waals surface area contributed by atoms with Crippen LogP contribution in [0.15, 0.2) is 0 Å². The molecule has 0 aromatic rings. The molecule has 0 unspecified atom stereocenters. The number of ether oxygens (including phenoxy) is 2. The summed E-state index contributed by atoms with van der Waals surface area (Å²) in [6.07, 6.45) is 23.6. The molecule has 8 heteroatoms. The van der Waals surface area contributed by atoms with Gasteiger partial charge in [0, 0.05) is 12.8 Å². The highest BCUT2D eigenvalue weighted by Crippen LogP contribution is 2.14. The summed E-state index contributed by atoms with van der Waals surface area (Å²) in [6.45, 7) is 2.90. The molecule has 2 N–H and O–H groups in total. The van der Waals surface area contributed by atoms with Gasteiger partial charge in [-0.05, 0) is 25.8 Å². The molecule has 0 amide bonds.